The molecule has 2 N–H and O–H groups in total. The Morgan fingerprint density at radius 1 is 1.30 bits per heavy atom. The van der Waals surface area contributed by atoms with Gasteiger partial charge in [-0.15, -0.1) is 0 Å². The van der Waals surface area contributed by atoms with Gasteiger partial charge < -0.3 is 4.90 Å². The van der Waals surface area contributed by atoms with E-state index in [-0.39, 0.29) is 22.8 Å². The van der Waals surface area contributed by atoms with Crippen molar-refractivity contribution in [3.05, 3.63) is 29.8 Å². The summed E-state index contributed by atoms with van der Waals surface area (Å²) < 4.78 is 22.4. The van der Waals surface area contributed by atoms with Crippen molar-refractivity contribution in [1.29, 1.82) is 0 Å². The number of hydrogen-bond acceptors (Lipinski definition) is 3. The van der Waals surface area contributed by atoms with E-state index in [1.165, 1.54) is 12.1 Å². The zero-order valence-electron chi connectivity index (χ0n) is 11.7. The van der Waals surface area contributed by atoms with Crippen molar-refractivity contribution in [2.75, 3.05) is 7.05 Å². The minimum Gasteiger partial charge on any atom is -0.339 e. The zero-order valence-corrected chi connectivity index (χ0v) is 12.6. The van der Waals surface area contributed by atoms with Crippen LogP contribution in [0.3, 0.4) is 0 Å². The quantitative estimate of drug-likeness (QED) is 0.917. The number of nitrogens with zero attached hydrogens (tertiary/aromatic N) is 1. The summed E-state index contributed by atoms with van der Waals surface area (Å²) >= 11 is 0. The number of amides is 1. The average Bonchev–Trinajstić information content (AvgIpc) is 2.34. The second-order valence-corrected chi connectivity index (χ2v) is 6.93. The number of benzene rings is 1. The van der Waals surface area contributed by atoms with Crippen LogP contribution in [0.1, 0.15) is 37.8 Å². The lowest BCUT2D eigenvalue weighted by atomic mass is 9.84. The molecule has 5 nitrogen and oxygen atoms in total. The molecule has 1 amide bonds. The van der Waals surface area contributed by atoms with Crippen molar-refractivity contribution in [2.45, 2.75) is 37.1 Å². The topological polar surface area (TPSA) is 80.5 Å². The third-order valence-corrected chi connectivity index (χ3v) is 5.00. The summed E-state index contributed by atoms with van der Waals surface area (Å²) in [5.74, 6) is 0.324. The molecule has 6 heteroatoms. The van der Waals surface area contributed by atoms with Crippen LogP contribution in [-0.2, 0) is 14.8 Å². The summed E-state index contributed by atoms with van der Waals surface area (Å²) in [6.45, 7) is 1.93. The number of sulfonamides is 1. The molecule has 0 spiro atoms. The van der Waals surface area contributed by atoms with Crippen molar-refractivity contribution in [1.82, 2.24) is 4.90 Å². The van der Waals surface area contributed by atoms with Gasteiger partial charge in [0, 0.05) is 13.0 Å². The molecule has 1 aromatic carbocycles. The van der Waals surface area contributed by atoms with Gasteiger partial charge in [-0.05, 0) is 37.5 Å². The van der Waals surface area contributed by atoms with Gasteiger partial charge in [-0.2, -0.15) is 0 Å². The SMILES string of the molecule is C[C@@H](c1ccc(S(N)(=O)=O)cc1)N(C)C(=O)C1CCC1. The number of carbonyl (C=O) groups excluding carboxylic acids is 1. The molecule has 0 aliphatic heterocycles. The standard InChI is InChI=1S/C14H20N2O3S/c1-10(16(2)14(17)12-4-3-5-12)11-6-8-13(9-7-11)20(15,18)19/h6-10,12H,3-5H2,1-2H3,(H2,15,18,19)/t10-/m0/s1. The van der Waals surface area contributed by atoms with Crippen LogP contribution in [0.2, 0.25) is 0 Å². The van der Waals surface area contributed by atoms with Gasteiger partial charge in [-0.1, -0.05) is 18.6 Å². The Kier molecular flexibility index (Phi) is 4.15. The average molecular weight is 296 g/mol. The summed E-state index contributed by atoms with van der Waals surface area (Å²) in [6.07, 6.45) is 3.07. The van der Waals surface area contributed by atoms with Gasteiger partial charge in [0.05, 0.1) is 10.9 Å². The fourth-order valence-electron chi connectivity index (χ4n) is 2.29. The number of nitrogens with two attached hydrogens (primary N) is 1. The summed E-state index contributed by atoms with van der Waals surface area (Å²) in [6, 6.07) is 6.27. The lowest BCUT2D eigenvalue weighted by Gasteiger charge is -2.33. The van der Waals surface area contributed by atoms with E-state index < -0.39 is 10.0 Å². The normalized spacial score (nSPS) is 17.4. The summed E-state index contributed by atoms with van der Waals surface area (Å²) in [5.41, 5.74) is 0.896. The number of carbonyl (C=O) groups is 1. The molecule has 1 aliphatic rings. The molecule has 20 heavy (non-hydrogen) atoms. The van der Waals surface area contributed by atoms with E-state index in [0.29, 0.717) is 0 Å². The maximum atomic E-state index is 12.2. The molecule has 1 aliphatic carbocycles. The van der Waals surface area contributed by atoms with Gasteiger partial charge in [0.2, 0.25) is 15.9 Å². The lowest BCUT2D eigenvalue weighted by molar-refractivity contribution is -0.138. The second-order valence-electron chi connectivity index (χ2n) is 5.37. The first-order valence-electron chi connectivity index (χ1n) is 6.70. The van der Waals surface area contributed by atoms with Crippen molar-refractivity contribution in [3.8, 4) is 0 Å². The highest BCUT2D eigenvalue weighted by Crippen LogP contribution is 2.31. The maximum Gasteiger partial charge on any atom is 0.238 e. The van der Waals surface area contributed by atoms with Gasteiger partial charge in [-0.3, -0.25) is 4.79 Å². The molecule has 1 aromatic rings. The van der Waals surface area contributed by atoms with Gasteiger partial charge >= 0.3 is 0 Å². The molecule has 1 saturated carbocycles. The monoisotopic (exact) mass is 296 g/mol. The summed E-state index contributed by atoms with van der Waals surface area (Å²) in [5, 5.41) is 5.06. The van der Waals surface area contributed by atoms with Crippen LogP contribution in [0.25, 0.3) is 0 Å². The first kappa shape index (κ1) is 15.0. The molecule has 110 valence electrons. The highest BCUT2D eigenvalue weighted by Gasteiger charge is 2.30. The first-order chi connectivity index (χ1) is 9.30. The Labute approximate surface area is 119 Å². The molecule has 0 saturated heterocycles. The maximum absolute atomic E-state index is 12.2. The van der Waals surface area contributed by atoms with Gasteiger partial charge in [0.15, 0.2) is 0 Å². The van der Waals surface area contributed by atoms with E-state index in [0.717, 1.165) is 24.8 Å². The highest BCUT2D eigenvalue weighted by atomic mass is 32.2. The predicted molar refractivity (Wildman–Crippen MR) is 76.3 cm³/mol. The molecule has 0 heterocycles. The van der Waals surface area contributed by atoms with Crippen molar-refractivity contribution in [3.63, 3.8) is 0 Å². The largest absolute Gasteiger partial charge is 0.339 e. The first-order valence-corrected chi connectivity index (χ1v) is 8.25. The second kappa shape index (κ2) is 5.54. The van der Waals surface area contributed by atoms with E-state index in [4.69, 9.17) is 5.14 Å². The van der Waals surface area contributed by atoms with Crippen molar-refractivity contribution >= 4 is 15.9 Å². The molecular formula is C14H20N2O3S. The van der Waals surface area contributed by atoms with E-state index >= 15 is 0 Å². The molecule has 1 fully saturated rings. The van der Waals surface area contributed by atoms with Crippen LogP contribution in [0.5, 0.6) is 0 Å². The highest BCUT2D eigenvalue weighted by molar-refractivity contribution is 7.89. The fourth-order valence-corrected chi connectivity index (χ4v) is 2.81. The Hall–Kier alpha value is -1.40. The van der Waals surface area contributed by atoms with Crippen molar-refractivity contribution < 1.29 is 13.2 Å². The minimum absolute atomic E-state index is 0.0847. The van der Waals surface area contributed by atoms with Crippen molar-refractivity contribution in [2.24, 2.45) is 11.1 Å². The summed E-state index contributed by atoms with van der Waals surface area (Å²) in [7, 11) is -1.88. The Balaban J connectivity index is 2.12. The molecular weight excluding hydrogens is 276 g/mol. The number of primary sulfonamides is 1. The fraction of sp³-hybridized carbons (Fsp3) is 0.500. The van der Waals surface area contributed by atoms with Gasteiger partial charge in [0.1, 0.15) is 0 Å². The zero-order chi connectivity index (χ0) is 14.9. The predicted octanol–water partition coefficient (Wildman–Crippen LogP) is 1.65. The van der Waals surface area contributed by atoms with E-state index in [1.807, 2.05) is 6.92 Å². The van der Waals surface area contributed by atoms with Crippen LogP contribution >= 0.6 is 0 Å². The Bertz CT molecular complexity index is 591. The van der Waals surface area contributed by atoms with Gasteiger partial charge in [0.25, 0.3) is 0 Å². The smallest absolute Gasteiger partial charge is 0.238 e. The van der Waals surface area contributed by atoms with Crippen LogP contribution < -0.4 is 5.14 Å². The molecule has 0 radical (unpaired) electrons. The Morgan fingerprint density at radius 2 is 1.85 bits per heavy atom. The molecule has 0 bridgehead atoms. The van der Waals surface area contributed by atoms with Crippen LogP contribution in [0.15, 0.2) is 29.2 Å². The van der Waals surface area contributed by atoms with Gasteiger partial charge in [-0.25, -0.2) is 13.6 Å². The molecule has 2 rings (SSSR count). The van der Waals surface area contributed by atoms with Crippen LogP contribution in [0, 0.1) is 5.92 Å². The van der Waals surface area contributed by atoms with Crippen LogP contribution in [-0.4, -0.2) is 26.3 Å². The molecule has 0 unspecified atom stereocenters. The molecule has 0 aromatic heterocycles. The van der Waals surface area contributed by atoms with E-state index in [2.05, 4.69) is 0 Å². The third kappa shape index (κ3) is 3.02. The Morgan fingerprint density at radius 3 is 2.25 bits per heavy atom. The number of rotatable bonds is 4. The summed E-state index contributed by atoms with van der Waals surface area (Å²) in [4.78, 5) is 14.0. The van der Waals surface area contributed by atoms with E-state index in [1.54, 1.807) is 24.1 Å². The minimum atomic E-state index is -3.67. The van der Waals surface area contributed by atoms with E-state index in [9.17, 15) is 13.2 Å². The van der Waals surface area contributed by atoms with Crippen LogP contribution in [0.4, 0.5) is 0 Å². The molecule has 1 atom stereocenters. The lowest BCUT2D eigenvalue weighted by Crippen LogP contribution is -2.37. The number of hydrogen-bond donors (Lipinski definition) is 1. The third-order valence-electron chi connectivity index (χ3n) is 4.07.